The summed E-state index contributed by atoms with van der Waals surface area (Å²) >= 11 is 0. The van der Waals surface area contributed by atoms with E-state index in [-0.39, 0.29) is 5.41 Å². The van der Waals surface area contributed by atoms with E-state index in [4.69, 9.17) is 14.5 Å². The van der Waals surface area contributed by atoms with E-state index in [2.05, 4.69) is 57.1 Å². The number of aliphatic imine (C=N–C) groups is 1. The summed E-state index contributed by atoms with van der Waals surface area (Å²) in [7, 11) is 0. The summed E-state index contributed by atoms with van der Waals surface area (Å²) in [5.74, 6) is 1.47. The van der Waals surface area contributed by atoms with E-state index in [9.17, 15) is 0 Å². The van der Waals surface area contributed by atoms with E-state index in [0.29, 0.717) is 24.2 Å². The van der Waals surface area contributed by atoms with Crippen molar-refractivity contribution in [2.24, 2.45) is 16.3 Å². The zero-order valence-electron chi connectivity index (χ0n) is 19.8. The van der Waals surface area contributed by atoms with Crippen molar-refractivity contribution < 1.29 is 9.47 Å². The van der Waals surface area contributed by atoms with Crippen molar-refractivity contribution in [1.29, 1.82) is 0 Å². The van der Waals surface area contributed by atoms with E-state index in [1.165, 1.54) is 6.42 Å². The highest BCUT2D eigenvalue weighted by Gasteiger charge is 2.35. The van der Waals surface area contributed by atoms with Crippen LogP contribution in [-0.2, 0) is 9.47 Å². The minimum atomic E-state index is 0.165. The Kier molecular flexibility index (Phi) is 10.2. The molecule has 2 heterocycles. The lowest BCUT2D eigenvalue weighted by molar-refractivity contribution is -0.0823. The molecule has 0 aliphatic carbocycles. The Bertz CT molecular complexity index is 482. The SMILES string of the molecule is CCNC(=NCC1CCCOC1C(C)(C)C)NC1CCN(CCOC(C)C)CC1. The van der Waals surface area contributed by atoms with Crippen molar-refractivity contribution in [1.82, 2.24) is 15.5 Å². The summed E-state index contributed by atoms with van der Waals surface area (Å²) < 4.78 is 11.8. The molecule has 2 atom stereocenters. The number of hydrogen-bond acceptors (Lipinski definition) is 4. The zero-order chi connectivity index (χ0) is 21.3. The van der Waals surface area contributed by atoms with Gasteiger partial charge in [0, 0.05) is 51.3 Å². The quantitative estimate of drug-likeness (QED) is 0.475. The highest BCUT2D eigenvalue weighted by atomic mass is 16.5. The lowest BCUT2D eigenvalue weighted by Gasteiger charge is -2.39. The highest BCUT2D eigenvalue weighted by molar-refractivity contribution is 5.80. The van der Waals surface area contributed by atoms with Crippen LogP contribution < -0.4 is 10.6 Å². The molecule has 2 unspecified atom stereocenters. The number of piperidine rings is 1. The fraction of sp³-hybridized carbons (Fsp3) is 0.957. The molecule has 2 aliphatic rings. The number of guanidine groups is 1. The first-order chi connectivity index (χ1) is 13.8. The molecule has 170 valence electrons. The first-order valence-corrected chi connectivity index (χ1v) is 11.8. The van der Waals surface area contributed by atoms with Crippen LogP contribution in [0.25, 0.3) is 0 Å². The third kappa shape index (κ3) is 8.81. The number of nitrogens with one attached hydrogen (secondary N) is 2. The molecule has 0 radical (unpaired) electrons. The second-order valence-electron chi connectivity index (χ2n) is 9.96. The summed E-state index contributed by atoms with van der Waals surface area (Å²) in [4.78, 5) is 7.48. The minimum absolute atomic E-state index is 0.165. The fourth-order valence-electron chi connectivity index (χ4n) is 4.43. The Hall–Kier alpha value is -0.850. The molecule has 2 rings (SSSR count). The third-order valence-electron chi connectivity index (χ3n) is 5.91. The van der Waals surface area contributed by atoms with E-state index < -0.39 is 0 Å². The predicted molar refractivity (Wildman–Crippen MR) is 122 cm³/mol. The maximum absolute atomic E-state index is 6.13. The van der Waals surface area contributed by atoms with Gasteiger partial charge in [0.2, 0.25) is 0 Å². The molecule has 0 saturated carbocycles. The molecule has 2 saturated heterocycles. The fourth-order valence-corrected chi connectivity index (χ4v) is 4.43. The van der Waals surface area contributed by atoms with Crippen LogP contribution in [0.2, 0.25) is 0 Å². The molecule has 6 nitrogen and oxygen atoms in total. The number of nitrogens with zero attached hydrogens (tertiary/aromatic N) is 2. The number of ether oxygens (including phenoxy) is 2. The van der Waals surface area contributed by atoms with Gasteiger partial charge in [0.05, 0.1) is 18.8 Å². The van der Waals surface area contributed by atoms with Crippen molar-refractivity contribution >= 4 is 5.96 Å². The van der Waals surface area contributed by atoms with Gasteiger partial charge in [0.15, 0.2) is 5.96 Å². The number of hydrogen-bond donors (Lipinski definition) is 2. The van der Waals surface area contributed by atoms with Crippen LogP contribution in [0.1, 0.15) is 67.2 Å². The summed E-state index contributed by atoms with van der Waals surface area (Å²) in [5, 5.41) is 7.13. The standard InChI is InChI=1S/C23H46N4O2/c1-7-24-22(25-17-19-9-8-15-29-21(19)23(4,5)6)26-20-10-12-27(13-11-20)14-16-28-18(2)3/h18-21H,7-17H2,1-6H3,(H2,24,25,26). The van der Waals surface area contributed by atoms with E-state index in [1.54, 1.807) is 0 Å². The van der Waals surface area contributed by atoms with Crippen LogP contribution in [-0.4, -0.2) is 75.0 Å². The largest absolute Gasteiger partial charge is 0.377 e. The van der Waals surface area contributed by atoms with Crippen molar-refractivity contribution in [3.8, 4) is 0 Å². The molecular weight excluding hydrogens is 364 g/mol. The third-order valence-corrected chi connectivity index (χ3v) is 5.91. The van der Waals surface area contributed by atoms with Crippen molar-refractivity contribution in [3.05, 3.63) is 0 Å². The van der Waals surface area contributed by atoms with Crippen LogP contribution in [0.5, 0.6) is 0 Å². The van der Waals surface area contributed by atoms with Gasteiger partial charge in [-0.1, -0.05) is 20.8 Å². The van der Waals surface area contributed by atoms with Crippen LogP contribution in [0.4, 0.5) is 0 Å². The predicted octanol–water partition coefficient (Wildman–Crippen LogP) is 3.27. The second-order valence-corrected chi connectivity index (χ2v) is 9.96. The average molecular weight is 411 g/mol. The van der Waals surface area contributed by atoms with E-state index in [0.717, 1.165) is 71.2 Å². The Balaban J connectivity index is 1.82. The van der Waals surface area contributed by atoms with Crippen LogP contribution in [0.15, 0.2) is 4.99 Å². The molecule has 0 aromatic rings. The zero-order valence-corrected chi connectivity index (χ0v) is 19.8. The highest BCUT2D eigenvalue weighted by Crippen LogP contribution is 2.34. The maximum Gasteiger partial charge on any atom is 0.191 e. The first kappa shape index (κ1) is 24.4. The minimum Gasteiger partial charge on any atom is -0.377 e. The molecule has 0 amide bonds. The Morgan fingerprint density at radius 3 is 2.55 bits per heavy atom. The molecule has 29 heavy (non-hydrogen) atoms. The van der Waals surface area contributed by atoms with Gasteiger partial charge in [-0.25, -0.2) is 0 Å². The number of rotatable bonds is 8. The van der Waals surface area contributed by atoms with E-state index in [1.807, 2.05) is 0 Å². The molecule has 6 heteroatoms. The smallest absolute Gasteiger partial charge is 0.191 e. The Morgan fingerprint density at radius 2 is 1.93 bits per heavy atom. The topological polar surface area (TPSA) is 58.1 Å². The molecule has 0 bridgehead atoms. The van der Waals surface area contributed by atoms with Gasteiger partial charge >= 0.3 is 0 Å². The van der Waals surface area contributed by atoms with Crippen LogP contribution in [0, 0.1) is 11.3 Å². The molecular formula is C23H46N4O2. The van der Waals surface area contributed by atoms with Gasteiger partial charge in [-0.2, -0.15) is 0 Å². The van der Waals surface area contributed by atoms with Gasteiger partial charge in [0.1, 0.15) is 0 Å². The van der Waals surface area contributed by atoms with Gasteiger partial charge in [-0.05, 0) is 51.9 Å². The maximum atomic E-state index is 6.13. The summed E-state index contributed by atoms with van der Waals surface area (Å²) in [6, 6.07) is 0.496. The molecule has 0 aromatic carbocycles. The normalized spacial score (nSPS) is 25.4. The molecule has 0 aromatic heterocycles. The van der Waals surface area contributed by atoms with Crippen molar-refractivity contribution in [2.45, 2.75) is 85.5 Å². The summed E-state index contributed by atoms with van der Waals surface area (Å²) in [6.07, 6.45) is 5.28. The van der Waals surface area contributed by atoms with Gasteiger partial charge in [-0.3, -0.25) is 4.99 Å². The van der Waals surface area contributed by atoms with Crippen molar-refractivity contribution in [2.75, 3.05) is 45.9 Å². The van der Waals surface area contributed by atoms with E-state index >= 15 is 0 Å². The van der Waals surface area contributed by atoms with Crippen LogP contribution in [0.3, 0.4) is 0 Å². The number of likely N-dealkylation sites (tertiary alicyclic amines) is 1. The first-order valence-electron chi connectivity index (χ1n) is 11.8. The van der Waals surface area contributed by atoms with Gasteiger partial charge in [0.25, 0.3) is 0 Å². The second kappa shape index (κ2) is 12.1. The Labute approximate surface area is 179 Å². The Morgan fingerprint density at radius 1 is 1.21 bits per heavy atom. The lowest BCUT2D eigenvalue weighted by atomic mass is 9.78. The van der Waals surface area contributed by atoms with Gasteiger partial charge in [-0.15, -0.1) is 0 Å². The molecule has 2 N–H and O–H groups in total. The molecule has 2 fully saturated rings. The van der Waals surface area contributed by atoms with Crippen LogP contribution >= 0.6 is 0 Å². The monoisotopic (exact) mass is 410 g/mol. The summed E-state index contributed by atoms with van der Waals surface area (Å²) in [6.45, 7) is 19.9. The summed E-state index contributed by atoms with van der Waals surface area (Å²) in [5.41, 5.74) is 0.165. The molecule has 0 spiro atoms. The average Bonchev–Trinajstić information content (AvgIpc) is 2.67. The van der Waals surface area contributed by atoms with Gasteiger partial charge < -0.3 is 25.0 Å². The lowest BCUT2D eigenvalue weighted by Crippen LogP contribution is -2.49. The molecule has 2 aliphatic heterocycles. The van der Waals surface area contributed by atoms with Crippen molar-refractivity contribution in [3.63, 3.8) is 0 Å².